The summed E-state index contributed by atoms with van der Waals surface area (Å²) < 4.78 is 16.5. The van der Waals surface area contributed by atoms with Crippen LogP contribution >= 0.6 is 0 Å². The zero-order chi connectivity index (χ0) is 15.2. The van der Waals surface area contributed by atoms with Crippen molar-refractivity contribution in [3.05, 3.63) is 24.3 Å². The van der Waals surface area contributed by atoms with Crippen molar-refractivity contribution in [2.75, 3.05) is 26.8 Å². The molecule has 1 heterocycles. The number of morpholine rings is 1. The van der Waals surface area contributed by atoms with Crippen LogP contribution in [0, 0.1) is 0 Å². The number of methoxy groups -OCH3 is 1. The van der Waals surface area contributed by atoms with E-state index in [1.54, 1.807) is 7.11 Å². The molecule has 0 saturated carbocycles. The second kappa shape index (κ2) is 7.31. The first kappa shape index (κ1) is 15.6. The van der Waals surface area contributed by atoms with Gasteiger partial charge in [-0.3, -0.25) is 4.79 Å². The molecule has 5 nitrogen and oxygen atoms in total. The summed E-state index contributed by atoms with van der Waals surface area (Å²) in [6, 6.07) is 7.43. The Morgan fingerprint density at radius 2 is 1.86 bits per heavy atom. The molecule has 2 rings (SSSR count). The Bertz CT molecular complexity index is 467. The van der Waals surface area contributed by atoms with Gasteiger partial charge in [-0.25, -0.2) is 0 Å². The lowest BCUT2D eigenvalue weighted by molar-refractivity contribution is -0.143. The molecule has 21 heavy (non-hydrogen) atoms. The first-order valence-electron chi connectivity index (χ1n) is 7.29. The third-order valence-electron chi connectivity index (χ3n) is 3.41. The van der Waals surface area contributed by atoms with Crippen LogP contribution in [0.3, 0.4) is 0 Å². The molecule has 1 aliphatic rings. The minimum atomic E-state index is 0.0906. The lowest BCUT2D eigenvalue weighted by Gasteiger charge is -2.35. The molecule has 1 aromatic rings. The van der Waals surface area contributed by atoms with Gasteiger partial charge in [-0.2, -0.15) is 0 Å². The minimum Gasteiger partial charge on any atom is -0.493 e. The van der Waals surface area contributed by atoms with E-state index in [-0.39, 0.29) is 18.1 Å². The molecule has 2 unspecified atom stereocenters. The van der Waals surface area contributed by atoms with Crippen LogP contribution < -0.4 is 9.47 Å². The number of benzene rings is 1. The Morgan fingerprint density at radius 1 is 1.24 bits per heavy atom. The lowest BCUT2D eigenvalue weighted by atomic mass is 10.2. The third kappa shape index (κ3) is 4.36. The largest absolute Gasteiger partial charge is 0.493 e. The van der Waals surface area contributed by atoms with Gasteiger partial charge in [-0.05, 0) is 26.0 Å². The van der Waals surface area contributed by atoms with Gasteiger partial charge in [0.2, 0.25) is 5.91 Å². The van der Waals surface area contributed by atoms with Crippen LogP contribution in [-0.2, 0) is 9.53 Å². The van der Waals surface area contributed by atoms with Gasteiger partial charge in [-0.1, -0.05) is 12.1 Å². The quantitative estimate of drug-likeness (QED) is 0.834. The summed E-state index contributed by atoms with van der Waals surface area (Å²) >= 11 is 0. The highest BCUT2D eigenvalue weighted by Gasteiger charge is 2.25. The molecule has 0 bridgehead atoms. The van der Waals surface area contributed by atoms with E-state index in [4.69, 9.17) is 14.2 Å². The summed E-state index contributed by atoms with van der Waals surface area (Å²) in [7, 11) is 1.60. The number of nitrogens with zero attached hydrogens (tertiary/aromatic N) is 1. The van der Waals surface area contributed by atoms with Gasteiger partial charge in [-0.15, -0.1) is 0 Å². The fourth-order valence-corrected chi connectivity index (χ4v) is 2.53. The molecular weight excluding hydrogens is 270 g/mol. The average Bonchev–Trinajstić information content (AvgIpc) is 2.46. The highest BCUT2D eigenvalue weighted by molar-refractivity contribution is 5.76. The third-order valence-corrected chi connectivity index (χ3v) is 3.41. The Labute approximate surface area is 125 Å². The topological polar surface area (TPSA) is 48.0 Å². The number of hydrogen-bond acceptors (Lipinski definition) is 4. The fourth-order valence-electron chi connectivity index (χ4n) is 2.53. The van der Waals surface area contributed by atoms with Crippen LogP contribution in [0.5, 0.6) is 11.5 Å². The zero-order valence-electron chi connectivity index (χ0n) is 12.9. The maximum absolute atomic E-state index is 12.2. The van der Waals surface area contributed by atoms with E-state index >= 15 is 0 Å². The van der Waals surface area contributed by atoms with E-state index in [1.165, 1.54) is 0 Å². The lowest BCUT2D eigenvalue weighted by Crippen LogP contribution is -2.48. The van der Waals surface area contributed by atoms with Gasteiger partial charge >= 0.3 is 0 Å². The summed E-state index contributed by atoms with van der Waals surface area (Å²) in [4.78, 5) is 14.0. The van der Waals surface area contributed by atoms with E-state index in [0.29, 0.717) is 37.6 Å². The Balaban J connectivity index is 1.81. The van der Waals surface area contributed by atoms with Gasteiger partial charge in [0, 0.05) is 13.1 Å². The molecule has 0 aromatic heterocycles. The monoisotopic (exact) mass is 293 g/mol. The van der Waals surface area contributed by atoms with Crippen LogP contribution in [0.1, 0.15) is 20.3 Å². The number of carbonyl (C=O) groups excluding carboxylic acids is 1. The van der Waals surface area contributed by atoms with Crippen molar-refractivity contribution < 1.29 is 19.0 Å². The van der Waals surface area contributed by atoms with Crippen LogP contribution in [-0.4, -0.2) is 49.8 Å². The highest BCUT2D eigenvalue weighted by Crippen LogP contribution is 2.25. The Morgan fingerprint density at radius 3 is 2.48 bits per heavy atom. The molecule has 1 aromatic carbocycles. The van der Waals surface area contributed by atoms with Crippen molar-refractivity contribution in [1.82, 2.24) is 4.90 Å². The van der Waals surface area contributed by atoms with Crippen molar-refractivity contribution >= 4 is 5.91 Å². The number of carbonyl (C=O) groups is 1. The van der Waals surface area contributed by atoms with Crippen molar-refractivity contribution in [3.63, 3.8) is 0 Å². The van der Waals surface area contributed by atoms with Gasteiger partial charge in [0.05, 0.1) is 32.3 Å². The second-order valence-electron chi connectivity index (χ2n) is 5.31. The molecule has 0 radical (unpaired) electrons. The van der Waals surface area contributed by atoms with E-state index in [9.17, 15) is 4.79 Å². The van der Waals surface area contributed by atoms with Crippen molar-refractivity contribution in [1.29, 1.82) is 0 Å². The van der Waals surface area contributed by atoms with E-state index < -0.39 is 0 Å². The average molecular weight is 293 g/mol. The Kier molecular flexibility index (Phi) is 5.44. The summed E-state index contributed by atoms with van der Waals surface area (Å²) in [5, 5.41) is 0. The molecule has 0 spiro atoms. The molecule has 1 saturated heterocycles. The molecular formula is C16H23NO4. The fraction of sp³-hybridized carbons (Fsp3) is 0.562. The highest BCUT2D eigenvalue weighted by atomic mass is 16.5. The molecule has 2 atom stereocenters. The van der Waals surface area contributed by atoms with Crippen LogP contribution in [0.4, 0.5) is 0 Å². The van der Waals surface area contributed by atoms with Crippen LogP contribution in [0.15, 0.2) is 24.3 Å². The standard InChI is InChI=1S/C16H23NO4/c1-12-10-17(11-13(2)21-12)16(18)8-9-20-15-7-5-4-6-14(15)19-3/h4-7,12-13H,8-11H2,1-3H3. The summed E-state index contributed by atoms with van der Waals surface area (Å²) in [6.45, 7) is 5.62. The summed E-state index contributed by atoms with van der Waals surface area (Å²) in [5.74, 6) is 1.45. The minimum absolute atomic E-state index is 0.0906. The number of hydrogen-bond donors (Lipinski definition) is 0. The summed E-state index contributed by atoms with van der Waals surface area (Å²) in [5.41, 5.74) is 0. The first-order chi connectivity index (χ1) is 10.1. The number of amides is 1. The SMILES string of the molecule is COc1ccccc1OCCC(=O)N1CC(C)OC(C)C1. The molecule has 5 heteroatoms. The van der Waals surface area contributed by atoms with E-state index in [2.05, 4.69) is 0 Å². The van der Waals surface area contributed by atoms with Crippen LogP contribution in [0.2, 0.25) is 0 Å². The van der Waals surface area contributed by atoms with Crippen LogP contribution in [0.25, 0.3) is 0 Å². The first-order valence-corrected chi connectivity index (χ1v) is 7.29. The number of ether oxygens (including phenoxy) is 3. The van der Waals surface area contributed by atoms with Crippen molar-refractivity contribution in [2.45, 2.75) is 32.5 Å². The normalized spacial score (nSPS) is 22.0. The van der Waals surface area contributed by atoms with Gasteiger partial charge < -0.3 is 19.1 Å². The summed E-state index contributed by atoms with van der Waals surface area (Å²) in [6.07, 6.45) is 0.540. The number of para-hydroxylation sites is 2. The van der Waals surface area contributed by atoms with Crippen molar-refractivity contribution in [2.24, 2.45) is 0 Å². The number of rotatable bonds is 5. The molecule has 1 fully saturated rings. The van der Waals surface area contributed by atoms with E-state index in [1.807, 2.05) is 43.0 Å². The maximum Gasteiger partial charge on any atom is 0.226 e. The smallest absolute Gasteiger partial charge is 0.226 e. The predicted molar refractivity (Wildman–Crippen MR) is 79.7 cm³/mol. The Hall–Kier alpha value is -1.75. The van der Waals surface area contributed by atoms with Gasteiger partial charge in [0.25, 0.3) is 0 Å². The van der Waals surface area contributed by atoms with Gasteiger partial charge in [0.15, 0.2) is 11.5 Å². The zero-order valence-corrected chi connectivity index (χ0v) is 12.9. The molecule has 0 aliphatic carbocycles. The molecule has 0 N–H and O–H groups in total. The van der Waals surface area contributed by atoms with E-state index in [0.717, 1.165) is 0 Å². The molecule has 116 valence electrons. The molecule has 1 aliphatic heterocycles. The second-order valence-corrected chi connectivity index (χ2v) is 5.31. The predicted octanol–water partition coefficient (Wildman–Crippen LogP) is 2.10. The maximum atomic E-state index is 12.2. The van der Waals surface area contributed by atoms with Crippen molar-refractivity contribution in [3.8, 4) is 11.5 Å². The van der Waals surface area contributed by atoms with Gasteiger partial charge in [0.1, 0.15) is 0 Å². The molecule has 1 amide bonds.